The molecule has 1 fully saturated rings. The Bertz CT molecular complexity index is 559. The van der Waals surface area contributed by atoms with E-state index in [0.717, 1.165) is 24.9 Å². The number of nitrogens with zero attached hydrogens (tertiary/aromatic N) is 2. The number of hydrogen-bond acceptors (Lipinski definition) is 4. The lowest BCUT2D eigenvalue weighted by molar-refractivity contribution is -0.385. The van der Waals surface area contributed by atoms with Crippen molar-refractivity contribution in [2.24, 2.45) is 5.92 Å². The molecule has 1 saturated heterocycles. The zero-order valence-electron chi connectivity index (χ0n) is 13.7. The smallest absolute Gasteiger partial charge is 0.269 e. The third kappa shape index (κ3) is 5.32. The molecule has 6 nitrogen and oxygen atoms in total. The Morgan fingerprint density at radius 1 is 1.48 bits per heavy atom. The highest BCUT2D eigenvalue weighted by Crippen LogP contribution is 2.19. The number of likely N-dealkylation sites (tertiary alicyclic amines) is 1. The van der Waals surface area contributed by atoms with Crippen LogP contribution in [0.3, 0.4) is 0 Å². The van der Waals surface area contributed by atoms with Gasteiger partial charge < -0.3 is 9.64 Å². The van der Waals surface area contributed by atoms with Gasteiger partial charge in [-0.15, -0.1) is 0 Å². The quantitative estimate of drug-likeness (QED) is 0.596. The number of carbonyl (C=O) groups excluding carboxylic acids is 1. The fraction of sp³-hybridized carbons (Fsp3) is 0.588. The third-order valence-corrected chi connectivity index (χ3v) is 3.92. The average Bonchev–Trinajstić information content (AvgIpc) is 2.53. The summed E-state index contributed by atoms with van der Waals surface area (Å²) in [5.41, 5.74) is 0.855. The first kappa shape index (κ1) is 17.4. The van der Waals surface area contributed by atoms with Gasteiger partial charge in [-0.2, -0.15) is 0 Å². The summed E-state index contributed by atoms with van der Waals surface area (Å²) < 4.78 is 5.87. The Kier molecular flexibility index (Phi) is 6.10. The molecule has 1 amide bonds. The molecule has 1 unspecified atom stereocenters. The molecule has 1 atom stereocenters. The second kappa shape index (κ2) is 8.06. The largest absolute Gasteiger partial charge is 0.372 e. The van der Waals surface area contributed by atoms with Gasteiger partial charge in [0, 0.05) is 31.6 Å². The Hall–Kier alpha value is -1.95. The Morgan fingerprint density at radius 3 is 2.96 bits per heavy atom. The predicted molar refractivity (Wildman–Crippen MR) is 86.9 cm³/mol. The van der Waals surface area contributed by atoms with Crippen molar-refractivity contribution in [1.82, 2.24) is 4.90 Å². The predicted octanol–water partition coefficient (Wildman–Crippen LogP) is 3.15. The second-order valence-electron chi connectivity index (χ2n) is 6.44. The van der Waals surface area contributed by atoms with Crippen LogP contribution in [0.15, 0.2) is 24.3 Å². The molecule has 6 heteroatoms. The zero-order chi connectivity index (χ0) is 16.8. The van der Waals surface area contributed by atoms with Crippen molar-refractivity contribution in [3.05, 3.63) is 39.9 Å². The number of hydrogen-bond donors (Lipinski definition) is 0. The van der Waals surface area contributed by atoms with Gasteiger partial charge in [0.25, 0.3) is 5.69 Å². The van der Waals surface area contributed by atoms with Crippen molar-refractivity contribution in [2.45, 2.75) is 45.8 Å². The fourth-order valence-electron chi connectivity index (χ4n) is 2.75. The first-order valence-electron chi connectivity index (χ1n) is 8.08. The molecule has 1 aromatic rings. The van der Waals surface area contributed by atoms with Gasteiger partial charge in [0.2, 0.25) is 5.91 Å². The van der Waals surface area contributed by atoms with Crippen LogP contribution in [0.2, 0.25) is 0 Å². The molecule has 1 aliphatic heterocycles. The van der Waals surface area contributed by atoms with Crippen LogP contribution in [-0.2, 0) is 16.1 Å². The van der Waals surface area contributed by atoms with E-state index < -0.39 is 4.92 Å². The van der Waals surface area contributed by atoms with Gasteiger partial charge in [0.05, 0.1) is 17.6 Å². The minimum absolute atomic E-state index is 0.000811. The highest BCUT2D eigenvalue weighted by atomic mass is 16.6. The molecule has 1 aliphatic rings. The Labute approximate surface area is 136 Å². The standard InChI is InChI=1S/C17H24N2O4/c1-13(2)9-17(20)18-8-4-7-16(11-18)23-12-14-5-3-6-15(10-14)19(21)22/h3,5-6,10,13,16H,4,7-9,11-12H2,1-2H3. The number of carbonyl (C=O) groups is 1. The van der Waals surface area contributed by atoms with E-state index in [1.54, 1.807) is 6.07 Å². The summed E-state index contributed by atoms with van der Waals surface area (Å²) in [6.07, 6.45) is 2.42. The number of piperidine rings is 1. The lowest BCUT2D eigenvalue weighted by atomic mass is 10.1. The topological polar surface area (TPSA) is 72.7 Å². The lowest BCUT2D eigenvalue weighted by Gasteiger charge is -2.33. The molecule has 0 radical (unpaired) electrons. The van der Waals surface area contributed by atoms with Gasteiger partial charge in [0.1, 0.15) is 0 Å². The first-order valence-corrected chi connectivity index (χ1v) is 8.08. The maximum absolute atomic E-state index is 12.1. The number of nitro groups is 1. The van der Waals surface area contributed by atoms with Gasteiger partial charge in [-0.05, 0) is 24.3 Å². The van der Waals surface area contributed by atoms with E-state index in [2.05, 4.69) is 0 Å². The summed E-state index contributed by atoms with van der Waals surface area (Å²) >= 11 is 0. The summed E-state index contributed by atoms with van der Waals surface area (Å²) in [5.74, 6) is 0.539. The number of rotatable bonds is 6. The van der Waals surface area contributed by atoms with E-state index in [0.29, 0.717) is 25.5 Å². The minimum atomic E-state index is -0.406. The van der Waals surface area contributed by atoms with Crippen LogP contribution < -0.4 is 0 Å². The van der Waals surface area contributed by atoms with Crippen molar-refractivity contribution in [1.29, 1.82) is 0 Å². The summed E-state index contributed by atoms with van der Waals surface area (Å²) in [5, 5.41) is 10.8. The van der Waals surface area contributed by atoms with Crippen LogP contribution in [0.1, 0.15) is 38.7 Å². The lowest BCUT2D eigenvalue weighted by Crippen LogP contribution is -2.43. The number of amides is 1. The molecule has 1 aromatic carbocycles. The maximum atomic E-state index is 12.1. The molecule has 0 spiro atoms. The van der Waals surface area contributed by atoms with Crippen LogP contribution in [-0.4, -0.2) is 34.9 Å². The summed E-state index contributed by atoms with van der Waals surface area (Å²) in [7, 11) is 0. The number of benzene rings is 1. The van der Waals surface area contributed by atoms with Crippen LogP contribution in [0.25, 0.3) is 0 Å². The summed E-state index contributed by atoms with van der Waals surface area (Å²) in [4.78, 5) is 24.4. The van der Waals surface area contributed by atoms with E-state index in [4.69, 9.17) is 4.74 Å². The fourth-order valence-corrected chi connectivity index (χ4v) is 2.75. The molecule has 23 heavy (non-hydrogen) atoms. The SMILES string of the molecule is CC(C)CC(=O)N1CCCC(OCc2cccc([N+](=O)[O-])c2)C1. The van der Waals surface area contributed by atoms with Crippen molar-refractivity contribution in [2.75, 3.05) is 13.1 Å². The van der Waals surface area contributed by atoms with Gasteiger partial charge in [-0.25, -0.2) is 0 Å². The Morgan fingerprint density at radius 2 is 2.26 bits per heavy atom. The minimum Gasteiger partial charge on any atom is -0.372 e. The van der Waals surface area contributed by atoms with Crippen LogP contribution in [0.4, 0.5) is 5.69 Å². The first-order chi connectivity index (χ1) is 11.0. The molecule has 1 heterocycles. The van der Waals surface area contributed by atoms with Crippen molar-refractivity contribution in [3.63, 3.8) is 0 Å². The van der Waals surface area contributed by atoms with Gasteiger partial charge in [-0.1, -0.05) is 26.0 Å². The molecule has 0 bridgehead atoms. The van der Waals surface area contributed by atoms with Crippen LogP contribution in [0.5, 0.6) is 0 Å². The highest BCUT2D eigenvalue weighted by molar-refractivity contribution is 5.76. The van der Waals surface area contributed by atoms with Gasteiger partial charge >= 0.3 is 0 Å². The van der Waals surface area contributed by atoms with Crippen LogP contribution >= 0.6 is 0 Å². The van der Waals surface area contributed by atoms with E-state index in [9.17, 15) is 14.9 Å². The van der Waals surface area contributed by atoms with E-state index >= 15 is 0 Å². The molecule has 0 aliphatic carbocycles. The third-order valence-electron chi connectivity index (χ3n) is 3.92. The molecule has 126 valence electrons. The van der Waals surface area contributed by atoms with E-state index in [1.807, 2.05) is 24.8 Å². The number of non-ortho nitro benzene ring substituents is 1. The molecule has 0 aromatic heterocycles. The zero-order valence-corrected chi connectivity index (χ0v) is 13.7. The van der Waals surface area contributed by atoms with E-state index in [1.165, 1.54) is 12.1 Å². The summed E-state index contributed by atoms with van der Waals surface area (Å²) in [6, 6.07) is 6.48. The van der Waals surface area contributed by atoms with E-state index in [-0.39, 0.29) is 17.7 Å². The van der Waals surface area contributed by atoms with Crippen molar-refractivity contribution in [3.8, 4) is 0 Å². The normalized spacial score (nSPS) is 18.2. The highest BCUT2D eigenvalue weighted by Gasteiger charge is 2.24. The van der Waals surface area contributed by atoms with Crippen LogP contribution in [0, 0.1) is 16.0 Å². The molecule has 0 N–H and O–H groups in total. The van der Waals surface area contributed by atoms with Crippen molar-refractivity contribution >= 4 is 11.6 Å². The molecular formula is C17H24N2O4. The Balaban J connectivity index is 1.87. The molecular weight excluding hydrogens is 296 g/mol. The van der Waals surface area contributed by atoms with Gasteiger partial charge in [0.15, 0.2) is 0 Å². The second-order valence-corrected chi connectivity index (χ2v) is 6.44. The average molecular weight is 320 g/mol. The molecule has 0 saturated carbocycles. The number of ether oxygens (including phenoxy) is 1. The van der Waals surface area contributed by atoms with Crippen molar-refractivity contribution < 1.29 is 14.5 Å². The molecule has 2 rings (SSSR count). The monoisotopic (exact) mass is 320 g/mol. The van der Waals surface area contributed by atoms with Gasteiger partial charge in [-0.3, -0.25) is 14.9 Å². The number of nitro benzene ring substituents is 1. The summed E-state index contributed by atoms with van der Waals surface area (Å²) in [6.45, 7) is 5.82. The maximum Gasteiger partial charge on any atom is 0.269 e.